The van der Waals surface area contributed by atoms with E-state index in [4.69, 9.17) is 11.5 Å². The highest BCUT2D eigenvalue weighted by atomic mass is 15.2. The summed E-state index contributed by atoms with van der Waals surface area (Å²) in [6.07, 6.45) is 3.30. The number of aromatic nitrogens is 2. The van der Waals surface area contributed by atoms with Crippen molar-refractivity contribution in [3.05, 3.63) is 12.4 Å². The number of hydrogen-bond donors (Lipinski definition) is 2. The van der Waals surface area contributed by atoms with Crippen LogP contribution in [-0.2, 0) is 7.05 Å². The van der Waals surface area contributed by atoms with Crippen LogP contribution in [0, 0.1) is 0 Å². The molecule has 54 valence electrons. The summed E-state index contributed by atoms with van der Waals surface area (Å²) in [7, 11) is 1.80. The lowest BCUT2D eigenvalue weighted by Gasteiger charge is -1.85. The van der Waals surface area contributed by atoms with Crippen LogP contribution < -0.4 is 11.5 Å². The van der Waals surface area contributed by atoms with E-state index in [0.29, 0.717) is 5.69 Å². The zero-order chi connectivity index (χ0) is 7.56. The highest BCUT2D eigenvalue weighted by Gasteiger charge is 1.90. The molecule has 1 heterocycles. The first-order valence-corrected chi connectivity index (χ1v) is 2.77. The van der Waals surface area contributed by atoms with Crippen LogP contribution >= 0.6 is 0 Å². The summed E-state index contributed by atoms with van der Waals surface area (Å²) < 4.78 is 1.63. The third-order valence-electron chi connectivity index (χ3n) is 0.949. The van der Waals surface area contributed by atoms with Crippen LogP contribution in [0.1, 0.15) is 0 Å². The Bertz CT molecular complexity index is 244. The minimum atomic E-state index is 0.0491. The Morgan fingerprint density at radius 2 is 2.40 bits per heavy atom. The van der Waals surface area contributed by atoms with E-state index < -0.39 is 0 Å². The molecule has 0 aromatic carbocycles. The van der Waals surface area contributed by atoms with E-state index in [-0.39, 0.29) is 5.96 Å². The van der Waals surface area contributed by atoms with E-state index in [2.05, 4.69) is 10.1 Å². The predicted octanol–water partition coefficient (Wildman–Crippen LogP) is -0.675. The van der Waals surface area contributed by atoms with Gasteiger partial charge in [0.15, 0.2) is 5.96 Å². The lowest BCUT2D eigenvalue weighted by molar-refractivity contribution is 0.768. The first-order chi connectivity index (χ1) is 4.68. The molecular formula is C5H9N5. The number of hydrogen-bond acceptors (Lipinski definition) is 2. The summed E-state index contributed by atoms with van der Waals surface area (Å²) in [5.74, 6) is 0.0491. The molecule has 0 radical (unpaired) electrons. The average molecular weight is 139 g/mol. The Labute approximate surface area is 58.3 Å². The number of nitrogens with zero attached hydrogens (tertiary/aromatic N) is 3. The van der Waals surface area contributed by atoms with Gasteiger partial charge < -0.3 is 11.5 Å². The van der Waals surface area contributed by atoms with Crippen molar-refractivity contribution >= 4 is 11.6 Å². The first kappa shape index (κ1) is 6.60. The maximum absolute atomic E-state index is 5.12. The summed E-state index contributed by atoms with van der Waals surface area (Å²) in [6, 6.07) is 0. The molecule has 5 nitrogen and oxygen atoms in total. The molecule has 0 fully saturated rings. The summed E-state index contributed by atoms with van der Waals surface area (Å²) in [5.41, 5.74) is 10.9. The lowest BCUT2D eigenvalue weighted by atomic mass is 10.6. The lowest BCUT2D eigenvalue weighted by Crippen LogP contribution is -2.21. The molecule has 0 spiro atoms. The van der Waals surface area contributed by atoms with Gasteiger partial charge in [-0.15, -0.1) is 0 Å². The fourth-order valence-corrected chi connectivity index (χ4v) is 0.615. The second kappa shape index (κ2) is 2.38. The normalized spacial score (nSPS) is 9.30. The van der Waals surface area contributed by atoms with Crippen molar-refractivity contribution < 1.29 is 0 Å². The number of aliphatic imine (C=N–C) groups is 1. The highest BCUT2D eigenvalue weighted by molar-refractivity contribution is 5.78. The summed E-state index contributed by atoms with van der Waals surface area (Å²) in [4.78, 5) is 3.77. The van der Waals surface area contributed by atoms with Gasteiger partial charge in [-0.25, -0.2) is 4.99 Å². The van der Waals surface area contributed by atoms with Crippen molar-refractivity contribution in [1.82, 2.24) is 9.78 Å². The molecule has 0 aliphatic carbocycles. The molecule has 0 amide bonds. The summed E-state index contributed by atoms with van der Waals surface area (Å²) in [5, 5.41) is 3.87. The largest absolute Gasteiger partial charge is 0.370 e. The van der Waals surface area contributed by atoms with Crippen LogP contribution in [0.5, 0.6) is 0 Å². The molecule has 0 aliphatic rings. The Morgan fingerprint density at radius 3 is 2.80 bits per heavy atom. The van der Waals surface area contributed by atoms with E-state index >= 15 is 0 Å². The SMILES string of the molecule is Cn1cc(N=C(N)N)cn1. The second-order valence-electron chi connectivity index (χ2n) is 1.91. The molecular weight excluding hydrogens is 130 g/mol. The number of nitrogens with two attached hydrogens (primary N) is 2. The van der Waals surface area contributed by atoms with E-state index in [1.807, 2.05) is 0 Å². The van der Waals surface area contributed by atoms with Gasteiger partial charge in [-0.3, -0.25) is 4.68 Å². The molecule has 0 atom stereocenters. The Kier molecular flexibility index (Phi) is 1.57. The van der Waals surface area contributed by atoms with Crippen molar-refractivity contribution in [1.29, 1.82) is 0 Å². The van der Waals surface area contributed by atoms with Crippen LogP contribution in [0.4, 0.5) is 5.69 Å². The van der Waals surface area contributed by atoms with Crippen LogP contribution in [0.2, 0.25) is 0 Å². The topological polar surface area (TPSA) is 82.2 Å². The maximum atomic E-state index is 5.12. The fourth-order valence-electron chi connectivity index (χ4n) is 0.615. The standard InChI is InChI=1S/C5H9N5/c1-10-3-4(2-8-10)9-5(6)7/h2-3H,1H3,(H4,6,7,9). The monoisotopic (exact) mass is 139 g/mol. The van der Waals surface area contributed by atoms with Crippen molar-refractivity contribution in [2.45, 2.75) is 0 Å². The van der Waals surface area contributed by atoms with E-state index in [9.17, 15) is 0 Å². The minimum absolute atomic E-state index is 0.0491. The van der Waals surface area contributed by atoms with Gasteiger partial charge in [0.2, 0.25) is 0 Å². The average Bonchev–Trinajstić information content (AvgIpc) is 2.13. The Morgan fingerprint density at radius 1 is 1.70 bits per heavy atom. The van der Waals surface area contributed by atoms with E-state index in [1.165, 1.54) is 0 Å². The van der Waals surface area contributed by atoms with Crippen LogP contribution in [0.3, 0.4) is 0 Å². The van der Waals surface area contributed by atoms with Gasteiger partial charge >= 0.3 is 0 Å². The van der Waals surface area contributed by atoms with Crippen molar-refractivity contribution in [2.24, 2.45) is 23.5 Å². The molecule has 0 unspecified atom stereocenters. The Balaban J connectivity index is 2.86. The van der Waals surface area contributed by atoms with Gasteiger partial charge in [-0.2, -0.15) is 5.10 Å². The number of rotatable bonds is 1. The zero-order valence-electron chi connectivity index (χ0n) is 5.65. The maximum Gasteiger partial charge on any atom is 0.191 e. The molecule has 0 saturated carbocycles. The van der Waals surface area contributed by atoms with Crippen molar-refractivity contribution in [2.75, 3.05) is 0 Å². The van der Waals surface area contributed by atoms with Crippen LogP contribution in [0.15, 0.2) is 17.4 Å². The molecule has 5 heteroatoms. The number of aryl methyl sites for hydroxylation is 1. The predicted molar refractivity (Wildman–Crippen MR) is 38.7 cm³/mol. The molecule has 1 aromatic rings. The van der Waals surface area contributed by atoms with E-state index in [1.54, 1.807) is 24.1 Å². The highest BCUT2D eigenvalue weighted by Crippen LogP contribution is 2.06. The third kappa shape index (κ3) is 1.48. The van der Waals surface area contributed by atoms with Gasteiger partial charge in [0.05, 0.1) is 12.4 Å². The first-order valence-electron chi connectivity index (χ1n) is 2.77. The Hall–Kier alpha value is -1.52. The molecule has 1 aromatic heterocycles. The fraction of sp³-hybridized carbons (Fsp3) is 0.200. The van der Waals surface area contributed by atoms with Gasteiger partial charge in [-0.1, -0.05) is 0 Å². The second-order valence-corrected chi connectivity index (χ2v) is 1.91. The molecule has 0 aliphatic heterocycles. The van der Waals surface area contributed by atoms with Crippen LogP contribution in [-0.4, -0.2) is 15.7 Å². The molecule has 10 heavy (non-hydrogen) atoms. The zero-order valence-corrected chi connectivity index (χ0v) is 5.65. The molecule has 0 bridgehead atoms. The smallest absolute Gasteiger partial charge is 0.191 e. The van der Waals surface area contributed by atoms with Gasteiger partial charge in [0, 0.05) is 7.05 Å². The summed E-state index contributed by atoms with van der Waals surface area (Å²) in [6.45, 7) is 0. The van der Waals surface area contributed by atoms with Crippen molar-refractivity contribution in [3.8, 4) is 0 Å². The number of guanidine groups is 1. The van der Waals surface area contributed by atoms with Crippen LogP contribution in [0.25, 0.3) is 0 Å². The molecule has 0 saturated heterocycles. The van der Waals surface area contributed by atoms with E-state index in [0.717, 1.165) is 0 Å². The van der Waals surface area contributed by atoms with Gasteiger partial charge in [-0.05, 0) is 0 Å². The quantitative estimate of drug-likeness (QED) is 0.399. The van der Waals surface area contributed by atoms with Gasteiger partial charge in [0.25, 0.3) is 0 Å². The molecule has 1 rings (SSSR count). The van der Waals surface area contributed by atoms with Gasteiger partial charge in [0.1, 0.15) is 5.69 Å². The van der Waals surface area contributed by atoms with Crippen molar-refractivity contribution in [3.63, 3.8) is 0 Å². The minimum Gasteiger partial charge on any atom is -0.370 e. The third-order valence-corrected chi connectivity index (χ3v) is 0.949. The molecule has 4 N–H and O–H groups in total. The summed E-state index contributed by atoms with van der Waals surface area (Å²) >= 11 is 0.